The second kappa shape index (κ2) is 4.16. The minimum Gasteiger partial charge on any atom is -0.397 e. The van der Waals surface area contributed by atoms with Crippen molar-refractivity contribution in [3.05, 3.63) is 22.4 Å². The largest absolute Gasteiger partial charge is 0.397 e. The Morgan fingerprint density at radius 1 is 1.29 bits per heavy atom. The molecule has 0 radical (unpaired) electrons. The normalized spacial score (nSPS) is 30.8. The van der Waals surface area contributed by atoms with Gasteiger partial charge in [0, 0.05) is 12.1 Å². The summed E-state index contributed by atoms with van der Waals surface area (Å²) in [7, 11) is 0. The fourth-order valence-electron chi connectivity index (χ4n) is 3.31. The number of benzene rings is 1. The monoisotopic (exact) mass is 298 g/mol. The van der Waals surface area contributed by atoms with E-state index in [0.717, 1.165) is 17.5 Å². The van der Waals surface area contributed by atoms with Gasteiger partial charge in [-0.15, -0.1) is 0 Å². The van der Waals surface area contributed by atoms with E-state index in [9.17, 15) is 4.39 Å². The summed E-state index contributed by atoms with van der Waals surface area (Å²) >= 11 is 3.14. The van der Waals surface area contributed by atoms with Gasteiger partial charge in [-0.05, 0) is 53.1 Å². The van der Waals surface area contributed by atoms with Crippen LogP contribution in [0.25, 0.3) is 0 Å². The zero-order chi connectivity index (χ0) is 12.0. The number of fused-ring (bicyclic) bond motifs is 2. The van der Waals surface area contributed by atoms with E-state index in [4.69, 9.17) is 5.73 Å². The van der Waals surface area contributed by atoms with E-state index in [2.05, 4.69) is 21.2 Å². The van der Waals surface area contributed by atoms with Crippen molar-refractivity contribution in [3.8, 4) is 0 Å². The van der Waals surface area contributed by atoms with Gasteiger partial charge in [-0.1, -0.05) is 6.42 Å². The minimum atomic E-state index is -0.259. The zero-order valence-electron chi connectivity index (χ0n) is 9.55. The van der Waals surface area contributed by atoms with Crippen LogP contribution in [0, 0.1) is 17.7 Å². The Bertz CT molecular complexity index is 449. The van der Waals surface area contributed by atoms with Crippen LogP contribution in [-0.4, -0.2) is 6.04 Å². The number of anilines is 2. The highest BCUT2D eigenvalue weighted by Gasteiger charge is 2.39. The number of nitrogens with two attached hydrogens (primary N) is 1. The molecule has 0 amide bonds. The topological polar surface area (TPSA) is 38.0 Å². The Morgan fingerprint density at radius 2 is 2.12 bits per heavy atom. The summed E-state index contributed by atoms with van der Waals surface area (Å²) in [5.74, 6) is 1.37. The Hall–Kier alpha value is -0.770. The number of nitrogen functional groups attached to an aromatic ring is 1. The molecule has 0 heterocycles. The average molecular weight is 299 g/mol. The van der Waals surface area contributed by atoms with Gasteiger partial charge in [0.2, 0.25) is 0 Å². The number of hydrogen-bond acceptors (Lipinski definition) is 2. The SMILES string of the molecule is Nc1cc(Br)c(F)cc1NC1CC2CCC1C2. The zero-order valence-corrected chi connectivity index (χ0v) is 11.1. The predicted molar refractivity (Wildman–Crippen MR) is 71.4 cm³/mol. The van der Waals surface area contributed by atoms with Crippen LogP contribution in [-0.2, 0) is 0 Å². The van der Waals surface area contributed by atoms with Gasteiger partial charge in [-0.3, -0.25) is 0 Å². The van der Waals surface area contributed by atoms with Gasteiger partial charge >= 0.3 is 0 Å². The molecule has 3 atom stereocenters. The Labute approximate surface area is 109 Å². The highest BCUT2D eigenvalue weighted by molar-refractivity contribution is 9.10. The number of halogens is 2. The maximum absolute atomic E-state index is 13.5. The first-order valence-electron chi connectivity index (χ1n) is 6.14. The molecule has 3 N–H and O–H groups in total. The van der Waals surface area contributed by atoms with Crippen LogP contribution >= 0.6 is 15.9 Å². The summed E-state index contributed by atoms with van der Waals surface area (Å²) in [5, 5.41) is 3.42. The lowest BCUT2D eigenvalue weighted by Gasteiger charge is -2.24. The maximum Gasteiger partial charge on any atom is 0.139 e. The molecular weight excluding hydrogens is 283 g/mol. The van der Waals surface area contributed by atoms with Crippen molar-refractivity contribution in [1.29, 1.82) is 0 Å². The molecule has 92 valence electrons. The van der Waals surface area contributed by atoms with Crippen molar-refractivity contribution in [2.45, 2.75) is 31.7 Å². The fraction of sp³-hybridized carbons (Fsp3) is 0.538. The number of nitrogens with one attached hydrogen (secondary N) is 1. The van der Waals surface area contributed by atoms with Gasteiger partial charge in [-0.25, -0.2) is 4.39 Å². The molecule has 0 spiro atoms. The first-order valence-corrected chi connectivity index (χ1v) is 6.94. The van der Waals surface area contributed by atoms with E-state index in [-0.39, 0.29) is 5.82 Å². The van der Waals surface area contributed by atoms with Gasteiger partial charge < -0.3 is 11.1 Å². The molecule has 3 unspecified atom stereocenters. The lowest BCUT2D eigenvalue weighted by molar-refractivity contribution is 0.439. The summed E-state index contributed by atoms with van der Waals surface area (Å²) in [5.41, 5.74) is 7.26. The van der Waals surface area contributed by atoms with Crippen molar-refractivity contribution in [2.75, 3.05) is 11.1 Å². The molecule has 1 aromatic carbocycles. The maximum atomic E-state index is 13.5. The highest BCUT2D eigenvalue weighted by atomic mass is 79.9. The molecule has 1 aromatic rings. The summed E-state index contributed by atoms with van der Waals surface area (Å²) in [4.78, 5) is 0. The molecule has 2 saturated carbocycles. The first-order chi connectivity index (χ1) is 8.13. The molecule has 2 fully saturated rings. The van der Waals surface area contributed by atoms with Crippen LogP contribution in [0.15, 0.2) is 16.6 Å². The second-order valence-electron chi connectivity index (χ2n) is 5.28. The summed E-state index contributed by atoms with van der Waals surface area (Å²) < 4.78 is 13.9. The minimum absolute atomic E-state index is 0.259. The van der Waals surface area contributed by atoms with Gasteiger partial charge in [0.05, 0.1) is 15.8 Å². The van der Waals surface area contributed by atoms with Crippen molar-refractivity contribution >= 4 is 27.3 Å². The third-order valence-electron chi connectivity index (χ3n) is 4.17. The smallest absolute Gasteiger partial charge is 0.139 e. The van der Waals surface area contributed by atoms with Crippen molar-refractivity contribution in [1.82, 2.24) is 0 Å². The molecule has 0 aromatic heterocycles. The summed E-state index contributed by atoms with van der Waals surface area (Å²) in [6.45, 7) is 0. The van der Waals surface area contributed by atoms with Gasteiger partial charge in [0.25, 0.3) is 0 Å². The van der Waals surface area contributed by atoms with Crippen LogP contribution in [0.4, 0.5) is 15.8 Å². The molecular formula is C13H16BrFN2. The van der Waals surface area contributed by atoms with Gasteiger partial charge in [0.1, 0.15) is 5.82 Å². The van der Waals surface area contributed by atoms with Crippen LogP contribution in [0.5, 0.6) is 0 Å². The Balaban J connectivity index is 1.79. The van der Waals surface area contributed by atoms with E-state index >= 15 is 0 Å². The second-order valence-corrected chi connectivity index (χ2v) is 6.13. The summed E-state index contributed by atoms with van der Waals surface area (Å²) in [6, 6.07) is 3.60. The highest BCUT2D eigenvalue weighted by Crippen LogP contribution is 2.46. The van der Waals surface area contributed by atoms with E-state index in [0.29, 0.717) is 16.2 Å². The molecule has 2 aliphatic carbocycles. The van der Waals surface area contributed by atoms with E-state index in [1.807, 2.05) is 0 Å². The lowest BCUT2D eigenvalue weighted by Crippen LogP contribution is -2.26. The van der Waals surface area contributed by atoms with Crippen molar-refractivity contribution in [3.63, 3.8) is 0 Å². The van der Waals surface area contributed by atoms with Crippen molar-refractivity contribution in [2.24, 2.45) is 11.8 Å². The molecule has 2 aliphatic rings. The standard InChI is InChI=1S/C13H16BrFN2/c14-9-5-11(16)13(6-10(9)15)17-12-4-7-1-2-8(12)3-7/h5-8,12,17H,1-4,16H2. The van der Waals surface area contributed by atoms with Crippen LogP contribution < -0.4 is 11.1 Å². The van der Waals surface area contributed by atoms with E-state index in [1.165, 1.54) is 31.7 Å². The van der Waals surface area contributed by atoms with E-state index < -0.39 is 0 Å². The molecule has 0 saturated heterocycles. The fourth-order valence-corrected chi connectivity index (χ4v) is 3.67. The van der Waals surface area contributed by atoms with E-state index in [1.54, 1.807) is 6.07 Å². The Morgan fingerprint density at radius 3 is 2.76 bits per heavy atom. The van der Waals surface area contributed by atoms with Gasteiger partial charge in [0.15, 0.2) is 0 Å². The molecule has 3 rings (SSSR count). The average Bonchev–Trinajstić information content (AvgIpc) is 2.87. The molecule has 0 aliphatic heterocycles. The third-order valence-corrected chi connectivity index (χ3v) is 4.78. The first kappa shape index (κ1) is 11.3. The van der Waals surface area contributed by atoms with Crippen molar-refractivity contribution < 1.29 is 4.39 Å². The van der Waals surface area contributed by atoms with Crippen LogP contribution in [0.2, 0.25) is 0 Å². The molecule has 2 bridgehead atoms. The molecule has 4 heteroatoms. The number of rotatable bonds is 2. The van der Waals surface area contributed by atoms with Crippen LogP contribution in [0.1, 0.15) is 25.7 Å². The Kier molecular flexibility index (Phi) is 2.77. The number of hydrogen-bond donors (Lipinski definition) is 2. The predicted octanol–water partition coefficient (Wildman–Crippen LogP) is 3.77. The lowest BCUT2D eigenvalue weighted by atomic mass is 9.95. The quantitative estimate of drug-likeness (QED) is 0.816. The third kappa shape index (κ3) is 2.03. The van der Waals surface area contributed by atoms with Crippen LogP contribution in [0.3, 0.4) is 0 Å². The molecule has 17 heavy (non-hydrogen) atoms. The summed E-state index contributed by atoms with van der Waals surface area (Å²) in [6.07, 6.45) is 5.21. The molecule has 2 nitrogen and oxygen atoms in total. The van der Waals surface area contributed by atoms with Gasteiger partial charge in [-0.2, -0.15) is 0 Å².